The Labute approximate surface area is 147 Å². The number of rotatable bonds is 4. The highest BCUT2D eigenvalue weighted by Gasteiger charge is 2.47. The summed E-state index contributed by atoms with van der Waals surface area (Å²) >= 11 is 0. The maximum atomic E-state index is 12.3. The Morgan fingerprint density at radius 2 is 2.04 bits per heavy atom. The highest BCUT2D eigenvalue weighted by Crippen LogP contribution is 2.31. The first-order valence-electron chi connectivity index (χ1n) is 8.35. The number of ether oxygens (including phenoxy) is 1. The van der Waals surface area contributed by atoms with Crippen LogP contribution in [0, 0.1) is 13.8 Å². The number of pyridine rings is 1. The van der Waals surface area contributed by atoms with Crippen LogP contribution in [0.4, 0.5) is 10.6 Å². The molecular formula is C19H23N3O3. The van der Waals surface area contributed by atoms with Crippen LogP contribution in [0.15, 0.2) is 36.4 Å². The topological polar surface area (TPSA) is 74.7 Å². The van der Waals surface area contributed by atoms with Gasteiger partial charge >= 0.3 is 6.03 Å². The fraction of sp³-hybridized carbons (Fsp3) is 0.368. The van der Waals surface area contributed by atoms with Gasteiger partial charge in [-0.05, 0) is 56.5 Å². The Hall–Kier alpha value is -2.60. The number of hydrogen-bond acceptors (Lipinski definition) is 4. The maximum absolute atomic E-state index is 12.3. The monoisotopic (exact) mass is 341 g/mol. The second kappa shape index (κ2) is 6.37. The van der Waals surface area contributed by atoms with Crippen LogP contribution in [0.3, 0.4) is 0 Å². The molecule has 132 valence electrons. The maximum Gasteiger partial charge on any atom is 0.325 e. The molecule has 25 heavy (non-hydrogen) atoms. The average Bonchev–Trinajstić information content (AvgIpc) is 2.81. The van der Waals surface area contributed by atoms with Crippen molar-refractivity contribution >= 4 is 11.8 Å². The van der Waals surface area contributed by atoms with Gasteiger partial charge in [-0.15, -0.1) is 0 Å². The van der Waals surface area contributed by atoms with E-state index < -0.39 is 11.8 Å². The fourth-order valence-corrected chi connectivity index (χ4v) is 2.76. The molecule has 1 fully saturated rings. The third-order valence-electron chi connectivity index (χ3n) is 4.82. The van der Waals surface area contributed by atoms with Gasteiger partial charge in [0.2, 0.25) is 5.88 Å². The van der Waals surface area contributed by atoms with Gasteiger partial charge in [0, 0.05) is 6.07 Å². The molecule has 1 unspecified atom stereocenters. The van der Waals surface area contributed by atoms with E-state index in [4.69, 9.17) is 4.74 Å². The molecule has 0 saturated carbocycles. The molecule has 0 spiro atoms. The number of aliphatic hydroxyl groups is 1. The second-order valence-electron chi connectivity index (χ2n) is 6.63. The number of hydrogen-bond donors (Lipinski definition) is 2. The van der Waals surface area contributed by atoms with E-state index in [0.717, 1.165) is 5.56 Å². The van der Waals surface area contributed by atoms with Crippen molar-refractivity contribution in [3.8, 4) is 11.6 Å². The summed E-state index contributed by atoms with van der Waals surface area (Å²) in [5, 5.41) is 13.4. The SMILES string of the molecule is CC[C@@]1(C)NC(=O)N(c2cccc(Oc3ccc(C)c(C)c3)n2)C1O. The molecule has 3 rings (SSSR count). The molecule has 2 amide bonds. The lowest BCUT2D eigenvalue weighted by Gasteiger charge is -2.27. The third kappa shape index (κ3) is 3.17. The van der Waals surface area contributed by atoms with Crippen molar-refractivity contribution in [3.63, 3.8) is 0 Å². The van der Waals surface area contributed by atoms with Gasteiger partial charge in [-0.3, -0.25) is 0 Å². The Morgan fingerprint density at radius 3 is 2.68 bits per heavy atom. The second-order valence-corrected chi connectivity index (χ2v) is 6.63. The first-order chi connectivity index (χ1) is 11.8. The van der Waals surface area contributed by atoms with Crippen LogP contribution in [0.1, 0.15) is 31.4 Å². The quantitative estimate of drug-likeness (QED) is 0.892. The summed E-state index contributed by atoms with van der Waals surface area (Å²) in [7, 11) is 0. The summed E-state index contributed by atoms with van der Waals surface area (Å²) in [5.41, 5.74) is 1.61. The number of aryl methyl sites for hydroxylation is 2. The van der Waals surface area contributed by atoms with Crippen molar-refractivity contribution in [1.29, 1.82) is 0 Å². The predicted octanol–water partition coefficient (Wildman–Crippen LogP) is 3.51. The van der Waals surface area contributed by atoms with Crippen molar-refractivity contribution in [1.82, 2.24) is 10.3 Å². The summed E-state index contributed by atoms with van der Waals surface area (Å²) < 4.78 is 5.81. The smallest absolute Gasteiger partial charge is 0.325 e. The zero-order chi connectivity index (χ0) is 18.2. The summed E-state index contributed by atoms with van der Waals surface area (Å²) in [6, 6.07) is 10.6. The molecule has 2 N–H and O–H groups in total. The van der Waals surface area contributed by atoms with E-state index in [-0.39, 0.29) is 6.03 Å². The van der Waals surface area contributed by atoms with Crippen molar-refractivity contribution < 1.29 is 14.6 Å². The van der Waals surface area contributed by atoms with E-state index in [0.29, 0.717) is 23.9 Å². The first-order valence-corrected chi connectivity index (χ1v) is 8.35. The van der Waals surface area contributed by atoms with Crippen LogP contribution in [-0.2, 0) is 0 Å². The number of anilines is 1. The molecule has 0 radical (unpaired) electrons. The zero-order valence-electron chi connectivity index (χ0n) is 14.9. The molecule has 6 nitrogen and oxygen atoms in total. The van der Waals surface area contributed by atoms with Crippen LogP contribution < -0.4 is 15.0 Å². The number of nitrogens with one attached hydrogen (secondary N) is 1. The van der Waals surface area contributed by atoms with E-state index in [1.165, 1.54) is 10.5 Å². The Bertz CT molecular complexity index is 808. The van der Waals surface area contributed by atoms with Crippen LogP contribution >= 0.6 is 0 Å². The molecule has 1 saturated heterocycles. The summed E-state index contributed by atoms with van der Waals surface area (Å²) in [6.07, 6.45) is -0.385. The van der Waals surface area contributed by atoms with E-state index in [1.54, 1.807) is 18.2 Å². The summed E-state index contributed by atoms with van der Waals surface area (Å²) in [5.74, 6) is 1.40. The number of carbonyl (C=O) groups excluding carboxylic acids is 1. The van der Waals surface area contributed by atoms with Crippen molar-refractivity contribution in [2.75, 3.05) is 4.90 Å². The molecular weight excluding hydrogens is 318 g/mol. The molecule has 1 aromatic heterocycles. The van der Waals surface area contributed by atoms with Gasteiger partial charge in [0.1, 0.15) is 11.6 Å². The van der Waals surface area contributed by atoms with Gasteiger partial charge in [0.05, 0.1) is 5.54 Å². The van der Waals surface area contributed by atoms with E-state index in [9.17, 15) is 9.90 Å². The van der Waals surface area contributed by atoms with E-state index >= 15 is 0 Å². The molecule has 2 aromatic rings. The predicted molar refractivity (Wildman–Crippen MR) is 95.9 cm³/mol. The lowest BCUT2D eigenvalue weighted by atomic mass is 9.98. The highest BCUT2D eigenvalue weighted by molar-refractivity contribution is 5.94. The van der Waals surface area contributed by atoms with E-state index in [2.05, 4.69) is 10.3 Å². The van der Waals surface area contributed by atoms with Crippen LogP contribution in [-0.4, -0.2) is 27.9 Å². The number of aliphatic hydroxyl groups excluding tert-OH is 1. The summed E-state index contributed by atoms with van der Waals surface area (Å²) in [4.78, 5) is 17.9. The molecule has 1 aromatic carbocycles. The Balaban J connectivity index is 1.86. The highest BCUT2D eigenvalue weighted by atomic mass is 16.5. The minimum Gasteiger partial charge on any atom is -0.439 e. The molecule has 0 bridgehead atoms. The minimum absolute atomic E-state index is 0.350. The van der Waals surface area contributed by atoms with E-state index in [1.807, 2.05) is 45.9 Å². The van der Waals surface area contributed by atoms with Crippen molar-refractivity contribution in [2.45, 2.75) is 45.9 Å². The molecule has 1 aliphatic heterocycles. The zero-order valence-corrected chi connectivity index (χ0v) is 14.9. The van der Waals surface area contributed by atoms with Crippen LogP contribution in [0.5, 0.6) is 11.6 Å². The normalized spacial score (nSPS) is 22.8. The number of urea groups is 1. The number of benzene rings is 1. The average molecular weight is 341 g/mol. The van der Waals surface area contributed by atoms with Gasteiger partial charge in [-0.25, -0.2) is 9.69 Å². The lowest BCUT2D eigenvalue weighted by Crippen LogP contribution is -2.46. The van der Waals surface area contributed by atoms with Crippen molar-refractivity contribution in [3.05, 3.63) is 47.5 Å². The van der Waals surface area contributed by atoms with Gasteiger partial charge < -0.3 is 15.2 Å². The lowest BCUT2D eigenvalue weighted by molar-refractivity contribution is 0.106. The minimum atomic E-state index is -0.991. The van der Waals surface area contributed by atoms with Crippen molar-refractivity contribution in [2.24, 2.45) is 0 Å². The molecule has 0 aliphatic carbocycles. The van der Waals surface area contributed by atoms with Crippen LogP contribution in [0.25, 0.3) is 0 Å². The number of aromatic nitrogens is 1. The fourth-order valence-electron chi connectivity index (χ4n) is 2.76. The standard InChI is InChI=1S/C19H23N3O3/c1-5-19(4)17(23)22(18(24)21-19)15-7-6-8-16(20-15)25-14-10-9-12(2)13(3)11-14/h6-11,17,23H,5H2,1-4H3,(H,21,24)/t17?,19-/m1/s1. The van der Waals surface area contributed by atoms with Crippen LogP contribution in [0.2, 0.25) is 0 Å². The Kier molecular flexibility index (Phi) is 4.39. The largest absolute Gasteiger partial charge is 0.439 e. The number of amides is 2. The number of carbonyl (C=O) groups is 1. The van der Waals surface area contributed by atoms with Gasteiger partial charge in [0.15, 0.2) is 6.23 Å². The van der Waals surface area contributed by atoms with Gasteiger partial charge in [-0.1, -0.05) is 19.1 Å². The van der Waals surface area contributed by atoms with Gasteiger partial charge in [-0.2, -0.15) is 4.98 Å². The Morgan fingerprint density at radius 1 is 1.28 bits per heavy atom. The molecule has 6 heteroatoms. The summed E-state index contributed by atoms with van der Waals surface area (Å²) in [6.45, 7) is 7.78. The third-order valence-corrected chi connectivity index (χ3v) is 4.82. The van der Waals surface area contributed by atoms with Gasteiger partial charge in [0.25, 0.3) is 0 Å². The number of nitrogens with zero attached hydrogens (tertiary/aromatic N) is 2. The molecule has 2 atom stereocenters. The molecule has 1 aliphatic rings. The molecule has 2 heterocycles. The first kappa shape index (κ1) is 17.2.